The molecule has 5 N–H and O–H groups in total. The van der Waals surface area contributed by atoms with E-state index in [1.54, 1.807) is 61.1 Å². The van der Waals surface area contributed by atoms with Crippen molar-refractivity contribution in [1.29, 1.82) is 0 Å². The SMILES string of the molecule is CC(C)(C)CC(=O)Nc1nc2ccc(OCc3ccccc3)nc2n1C1CCC1.Cc1ccc2nc(NC(=O)CC(C)(C)O)n(-c3ccc(F)cc3)c2n1.Cc1ccc2nc(NC(=O)CC(C)(C)O)n(-c3ccc(F)cc3)c2n1. The molecule has 1 saturated carbocycles. The fourth-order valence-electron chi connectivity index (χ4n) is 8.56. The fraction of sp³-hybridized carbons (Fsp3) is 0.339. The van der Waals surface area contributed by atoms with Crippen molar-refractivity contribution in [2.24, 2.45) is 5.41 Å². The van der Waals surface area contributed by atoms with Crippen LogP contribution in [0.3, 0.4) is 0 Å². The Morgan fingerprint density at radius 3 is 1.42 bits per heavy atom. The summed E-state index contributed by atoms with van der Waals surface area (Å²) in [6, 6.07) is 33.1. The second kappa shape index (κ2) is 23.6. The molecule has 10 rings (SSSR count). The molecule has 79 heavy (non-hydrogen) atoms. The standard InChI is InChI=1S/C23H28N4O2.2C18H19FN4O2/c1-23(2,3)14-19(28)25-22-24-18-12-13-20(29-15-16-8-5-4-6-9-16)26-21(18)27(22)17-10-7-11-17;2*1-11-4-9-14-16(20-11)23(13-7-5-12(19)6-8-13)17(21-14)22-15(24)10-18(2,3)25/h4-6,8-9,12-13,17H,7,10-11,14-15H2,1-3H3,(H,24,25,28);2*4-9,25H,10H2,1-3H3,(H,21,22,24). The van der Waals surface area contributed by atoms with Crippen molar-refractivity contribution in [3.8, 4) is 17.3 Å². The molecule has 3 amide bonds. The average molecular weight is 1080 g/mol. The van der Waals surface area contributed by atoms with Crippen molar-refractivity contribution in [2.45, 2.75) is 125 Å². The molecule has 1 fully saturated rings. The number of aryl methyl sites for hydroxylation is 2. The van der Waals surface area contributed by atoms with Gasteiger partial charge in [0.05, 0.1) is 35.4 Å². The summed E-state index contributed by atoms with van der Waals surface area (Å²) in [5.41, 5.74) is 5.47. The Labute approximate surface area is 456 Å². The number of benzene rings is 3. The maximum Gasteiger partial charge on any atom is 0.229 e. The number of aliphatic hydroxyl groups is 2. The van der Waals surface area contributed by atoms with Gasteiger partial charge in [-0.25, -0.2) is 33.7 Å². The van der Waals surface area contributed by atoms with E-state index < -0.39 is 11.2 Å². The number of carbonyl (C=O) groups excluding carboxylic acids is 3. The molecule has 1 aliphatic carbocycles. The summed E-state index contributed by atoms with van der Waals surface area (Å²) in [6.45, 7) is 16.6. The first-order valence-corrected chi connectivity index (χ1v) is 26.0. The minimum atomic E-state index is -1.13. The molecular formula is C59H66F2N12O6. The van der Waals surface area contributed by atoms with E-state index in [2.05, 4.69) is 66.2 Å². The number of nitrogens with one attached hydrogen (secondary N) is 3. The smallest absolute Gasteiger partial charge is 0.229 e. The van der Waals surface area contributed by atoms with Crippen LogP contribution in [0.4, 0.5) is 26.6 Å². The Morgan fingerprint density at radius 2 is 0.975 bits per heavy atom. The molecule has 0 atom stereocenters. The summed E-state index contributed by atoms with van der Waals surface area (Å²) in [5, 5.41) is 28.1. The Morgan fingerprint density at radius 1 is 0.544 bits per heavy atom. The predicted octanol–water partition coefficient (Wildman–Crippen LogP) is 11.0. The first-order chi connectivity index (χ1) is 37.3. The summed E-state index contributed by atoms with van der Waals surface area (Å²) in [7, 11) is 0. The zero-order chi connectivity index (χ0) is 56.8. The van der Waals surface area contributed by atoms with Crippen LogP contribution in [0.15, 0.2) is 115 Å². The van der Waals surface area contributed by atoms with Gasteiger partial charge in [0.15, 0.2) is 16.9 Å². The number of halogens is 2. The summed E-state index contributed by atoms with van der Waals surface area (Å²) in [4.78, 5) is 64.1. The number of hydrogen-bond donors (Lipinski definition) is 5. The monoisotopic (exact) mass is 1080 g/mol. The topological polar surface area (TPSA) is 229 Å². The van der Waals surface area contributed by atoms with Crippen LogP contribution >= 0.6 is 0 Å². The van der Waals surface area contributed by atoms with Crippen LogP contribution in [0.25, 0.3) is 44.9 Å². The second-order valence-electron chi connectivity index (χ2n) is 22.1. The number of imidazole rings is 3. The van der Waals surface area contributed by atoms with Crippen LogP contribution in [0.1, 0.15) is 110 Å². The van der Waals surface area contributed by atoms with E-state index in [-0.39, 0.29) is 59.5 Å². The number of pyridine rings is 3. The minimum Gasteiger partial charge on any atom is -0.473 e. The highest BCUT2D eigenvalue weighted by Gasteiger charge is 2.28. The lowest BCUT2D eigenvalue weighted by atomic mass is 9.92. The first-order valence-electron chi connectivity index (χ1n) is 26.0. The largest absolute Gasteiger partial charge is 0.473 e. The third kappa shape index (κ3) is 15.2. The third-order valence-corrected chi connectivity index (χ3v) is 12.3. The van der Waals surface area contributed by atoms with Crippen molar-refractivity contribution in [1.82, 2.24) is 43.6 Å². The van der Waals surface area contributed by atoms with Crippen molar-refractivity contribution in [2.75, 3.05) is 16.0 Å². The first kappa shape index (κ1) is 56.7. The summed E-state index contributed by atoms with van der Waals surface area (Å²) in [5.74, 6) is 0.221. The lowest BCUT2D eigenvalue weighted by Gasteiger charge is -2.28. The minimum absolute atomic E-state index is 0.0195. The van der Waals surface area contributed by atoms with Gasteiger partial charge in [0.25, 0.3) is 0 Å². The highest BCUT2D eigenvalue weighted by atomic mass is 19.1. The molecule has 6 aromatic heterocycles. The number of carbonyl (C=O) groups is 3. The van der Waals surface area contributed by atoms with Gasteiger partial charge in [-0.15, -0.1) is 0 Å². The van der Waals surface area contributed by atoms with E-state index >= 15 is 0 Å². The predicted molar refractivity (Wildman–Crippen MR) is 300 cm³/mol. The number of anilines is 3. The Bertz CT molecular complexity index is 3460. The van der Waals surface area contributed by atoms with Gasteiger partial charge < -0.3 is 14.9 Å². The van der Waals surface area contributed by atoms with Crippen molar-refractivity contribution < 1.29 is 38.1 Å². The highest BCUT2D eigenvalue weighted by Crippen LogP contribution is 2.37. The number of hydrogen-bond acceptors (Lipinski definition) is 12. The maximum atomic E-state index is 13.3. The molecule has 0 unspecified atom stereocenters. The molecule has 0 radical (unpaired) electrons. The van der Waals surface area contributed by atoms with E-state index in [0.29, 0.717) is 64.6 Å². The maximum absolute atomic E-state index is 13.3. The Kier molecular flexibility index (Phi) is 17.0. The van der Waals surface area contributed by atoms with E-state index in [1.165, 1.54) is 30.7 Å². The van der Waals surface area contributed by atoms with Gasteiger partial charge in [-0.1, -0.05) is 51.1 Å². The van der Waals surface area contributed by atoms with Crippen molar-refractivity contribution in [3.63, 3.8) is 0 Å². The van der Waals surface area contributed by atoms with Crippen LogP contribution in [0, 0.1) is 30.9 Å². The molecule has 0 bridgehead atoms. The lowest BCUT2D eigenvalue weighted by Crippen LogP contribution is -2.28. The van der Waals surface area contributed by atoms with E-state index in [0.717, 1.165) is 41.0 Å². The molecule has 20 heteroatoms. The molecular weight excluding hydrogens is 1010 g/mol. The van der Waals surface area contributed by atoms with E-state index in [4.69, 9.17) is 9.72 Å². The highest BCUT2D eigenvalue weighted by molar-refractivity contribution is 5.94. The molecule has 18 nitrogen and oxygen atoms in total. The normalized spacial score (nSPS) is 12.8. The zero-order valence-electron chi connectivity index (χ0n) is 45.8. The molecule has 0 saturated heterocycles. The lowest BCUT2D eigenvalue weighted by molar-refractivity contribution is -0.121. The van der Waals surface area contributed by atoms with Gasteiger partial charge in [-0.05, 0) is 151 Å². The molecule has 0 spiro atoms. The number of aromatic nitrogens is 9. The van der Waals surface area contributed by atoms with Gasteiger partial charge >= 0.3 is 0 Å². The van der Waals surface area contributed by atoms with Gasteiger partial charge in [-0.2, -0.15) is 4.98 Å². The van der Waals surface area contributed by atoms with Gasteiger partial charge in [0.1, 0.15) is 34.8 Å². The van der Waals surface area contributed by atoms with Crippen LogP contribution in [0.2, 0.25) is 0 Å². The third-order valence-electron chi connectivity index (χ3n) is 12.3. The van der Waals surface area contributed by atoms with E-state index in [1.807, 2.05) is 80.6 Å². The number of ether oxygens (including phenoxy) is 1. The van der Waals surface area contributed by atoms with Crippen LogP contribution < -0.4 is 20.7 Å². The van der Waals surface area contributed by atoms with Crippen molar-refractivity contribution in [3.05, 3.63) is 144 Å². The van der Waals surface area contributed by atoms with Crippen molar-refractivity contribution >= 4 is 69.1 Å². The molecule has 6 heterocycles. The second-order valence-corrected chi connectivity index (χ2v) is 22.1. The summed E-state index contributed by atoms with van der Waals surface area (Å²) in [6.07, 6.45) is 3.62. The van der Waals surface area contributed by atoms with Gasteiger partial charge in [0, 0.05) is 29.9 Å². The molecule has 9 aromatic rings. The van der Waals surface area contributed by atoms with Gasteiger partial charge in [0.2, 0.25) is 41.4 Å². The van der Waals surface area contributed by atoms with E-state index in [9.17, 15) is 33.4 Å². The fourth-order valence-corrected chi connectivity index (χ4v) is 8.56. The summed E-state index contributed by atoms with van der Waals surface area (Å²) < 4.78 is 37.8. The number of nitrogens with zero attached hydrogens (tertiary/aromatic N) is 9. The quantitative estimate of drug-likeness (QED) is 0.0685. The van der Waals surface area contributed by atoms with Crippen LogP contribution in [-0.4, -0.2) is 82.7 Å². The molecule has 412 valence electrons. The molecule has 0 aliphatic heterocycles. The molecule has 3 aromatic carbocycles. The number of rotatable bonds is 14. The summed E-state index contributed by atoms with van der Waals surface area (Å²) >= 11 is 0. The van der Waals surface area contributed by atoms with Crippen LogP contribution in [-0.2, 0) is 21.0 Å². The number of amides is 3. The van der Waals surface area contributed by atoms with Crippen LogP contribution in [0.5, 0.6) is 5.88 Å². The Hall–Kier alpha value is -8.49. The average Bonchev–Trinajstić information content (AvgIpc) is 4.16. The molecule has 1 aliphatic rings. The Balaban J connectivity index is 0.000000157. The number of fused-ring (bicyclic) bond motifs is 3. The van der Waals surface area contributed by atoms with Gasteiger partial charge in [-0.3, -0.25) is 44.0 Å². The zero-order valence-corrected chi connectivity index (χ0v) is 45.8.